The third kappa shape index (κ3) is 7.37. The molecule has 2 rings (SSSR count). The molecule has 1 fully saturated rings. The highest BCUT2D eigenvalue weighted by Crippen LogP contribution is 2.27. The van der Waals surface area contributed by atoms with E-state index in [1.165, 1.54) is 17.2 Å². The second-order valence-corrected chi connectivity index (χ2v) is 6.66. The summed E-state index contributed by atoms with van der Waals surface area (Å²) in [7, 11) is 0. The molecule has 1 heterocycles. The van der Waals surface area contributed by atoms with Crippen molar-refractivity contribution in [1.29, 1.82) is 0 Å². The number of rotatable bonds is 9. The van der Waals surface area contributed by atoms with E-state index in [2.05, 4.69) is 10.2 Å². The standard InChI is InChI=1S/C18H25N3O7/c1-14(15-6-3-2-4-7-15)28-18(23)26-13-20-10-5-8-16(12-20)17(22)19-9-11-27-21(24)25/h5,8,10,12,14-15H,2-4,6-7,9,11,13H2,1H3/p+1/t14-/m0/s1. The van der Waals surface area contributed by atoms with Crippen molar-refractivity contribution < 1.29 is 33.6 Å². The van der Waals surface area contributed by atoms with Crippen molar-refractivity contribution in [2.24, 2.45) is 5.92 Å². The van der Waals surface area contributed by atoms with E-state index in [1.54, 1.807) is 18.3 Å². The lowest BCUT2D eigenvalue weighted by Gasteiger charge is -2.26. The zero-order valence-corrected chi connectivity index (χ0v) is 15.9. The first kappa shape index (κ1) is 21.4. The van der Waals surface area contributed by atoms with Gasteiger partial charge < -0.3 is 19.6 Å². The van der Waals surface area contributed by atoms with Gasteiger partial charge in [0.2, 0.25) is 0 Å². The lowest BCUT2D eigenvalue weighted by atomic mass is 9.86. The Morgan fingerprint density at radius 1 is 1.36 bits per heavy atom. The summed E-state index contributed by atoms with van der Waals surface area (Å²) in [6.07, 6.45) is 7.91. The number of hydrogen-bond donors (Lipinski definition) is 1. The monoisotopic (exact) mass is 396 g/mol. The fourth-order valence-corrected chi connectivity index (χ4v) is 3.14. The zero-order valence-electron chi connectivity index (χ0n) is 15.9. The molecule has 154 valence electrons. The van der Waals surface area contributed by atoms with Crippen LogP contribution in [0.1, 0.15) is 49.4 Å². The normalized spacial score (nSPS) is 15.3. The molecule has 28 heavy (non-hydrogen) atoms. The maximum atomic E-state index is 12.0. The number of amides is 1. The molecule has 0 aliphatic heterocycles. The molecule has 0 bridgehead atoms. The molecule has 1 aliphatic carbocycles. The van der Waals surface area contributed by atoms with Crippen LogP contribution < -0.4 is 9.88 Å². The number of aromatic nitrogens is 1. The predicted octanol–water partition coefficient (Wildman–Crippen LogP) is 1.99. The summed E-state index contributed by atoms with van der Waals surface area (Å²) in [5.41, 5.74) is 0.316. The Morgan fingerprint density at radius 2 is 2.11 bits per heavy atom. The zero-order chi connectivity index (χ0) is 20.4. The van der Waals surface area contributed by atoms with Crippen LogP contribution in [0.2, 0.25) is 0 Å². The minimum Gasteiger partial charge on any atom is -0.431 e. The van der Waals surface area contributed by atoms with E-state index < -0.39 is 17.1 Å². The van der Waals surface area contributed by atoms with Gasteiger partial charge in [0, 0.05) is 12.6 Å². The molecule has 10 nitrogen and oxygen atoms in total. The van der Waals surface area contributed by atoms with Gasteiger partial charge in [-0.2, -0.15) is 4.57 Å². The number of ether oxygens (including phenoxy) is 2. The summed E-state index contributed by atoms with van der Waals surface area (Å²) >= 11 is 0. The third-order valence-electron chi connectivity index (χ3n) is 4.63. The fraction of sp³-hybridized carbons (Fsp3) is 0.611. The van der Waals surface area contributed by atoms with Crippen molar-refractivity contribution >= 4 is 12.1 Å². The highest BCUT2D eigenvalue weighted by atomic mass is 16.9. The van der Waals surface area contributed by atoms with Crippen LogP contribution >= 0.6 is 0 Å². The van der Waals surface area contributed by atoms with Crippen molar-refractivity contribution in [3.63, 3.8) is 0 Å². The van der Waals surface area contributed by atoms with E-state index in [1.807, 2.05) is 6.92 Å². The van der Waals surface area contributed by atoms with Gasteiger partial charge in [-0.3, -0.25) is 4.79 Å². The van der Waals surface area contributed by atoms with E-state index in [0.29, 0.717) is 11.5 Å². The summed E-state index contributed by atoms with van der Waals surface area (Å²) in [5, 5.41) is 11.6. The predicted molar refractivity (Wildman–Crippen MR) is 95.5 cm³/mol. The number of hydrogen-bond acceptors (Lipinski definition) is 7. The molecule has 1 aromatic heterocycles. The second-order valence-electron chi connectivity index (χ2n) is 6.66. The average molecular weight is 396 g/mol. The molecule has 1 atom stereocenters. The Labute approximate surface area is 162 Å². The summed E-state index contributed by atoms with van der Waals surface area (Å²) in [4.78, 5) is 38.1. The molecule has 0 unspecified atom stereocenters. The summed E-state index contributed by atoms with van der Waals surface area (Å²) in [5.74, 6) is -0.0462. The Balaban J connectivity index is 1.76. The first-order valence-corrected chi connectivity index (χ1v) is 9.33. The van der Waals surface area contributed by atoms with E-state index >= 15 is 0 Å². The summed E-state index contributed by atoms with van der Waals surface area (Å²) in [6, 6.07) is 3.20. The maximum Gasteiger partial charge on any atom is 0.513 e. The van der Waals surface area contributed by atoms with Gasteiger partial charge in [-0.15, -0.1) is 10.1 Å². The first-order valence-electron chi connectivity index (χ1n) is 9.33. The molecular formula is C18H26N3O7+. The average Bonchev–Trinajstić information content (AvgIpc) is 2.70. The summed E-state index contributed by atoms with van der Waals surface area (Å²) < 4.78 is 12.0. The maximum absolute atomic E-state index is 12.0. The molecule has 0 saturated heterocycles. The third-order valence-corrected chi connectivity index (χ3v) is 4.63. The summed E-state index contributed by atoms with van der Waals surface area (Å²) in [6.45, 7) is 1.55. The van der Waals surface area contributed by atoms with Crippen molar-refractivity contribution in [1.82, 2.24) is 5.32 Å². The molecule has 10 heteroatoms. The number of pyridine rings is 1. The van der Waals surface area contributed by atoms with Crippen LogP contribution in [0.3, 0.4) is 0 Å². The topological polar surface area (TPSA) is 121 Å². The smallest absolute Gasteiger partial charge is 0.431 e. The Hall–Kier alpha value is -2.91. The van der Waals surface area contributed by atoms with Crippen molar-refractivity contribution in [3.05, 3.63) is 40.2 Å². The number of carbonyl (C=O) groups excluding carboxylic acids is 2. The fourth-order valence-electron chi connectivity index (χ4n) is 3.14. The molecular weight excluding hydrogens is 370 g/mol. The second kappa shape index (κ2) is 11.1. The number of nitrogens with zero attached hydrogens (tertiary/aromatic N) is 2. The van der Waals surface area contributed by atoms with Crippen LogP contribution in [0.25, 0.3) is 0 Å². The van der Waals surface area contributed by atoms with Gasteiger partial charge in [0.05, 0.1) is 0 Å². The van der Waals surface area contributed by atoms with Crippen LogP contribution in [-0.4, -0.2) is 36.4 Å². The number of carbonyl (C=O) groups is 2. The van der Waals surface area contributed by atoms with Crippen molar-refractivity contribution in [2.75, 3.05) is 13.2 Å². The van der Waals surface area contributed by atoms with Crippen LogP contribution in [0.5, 0.6) is 0 Å². The molecule has 1 aromatic rings. The first-order chi connectivity index (χ1) is 13.5. The molecule has 0 radical (unpaired) electrons. The van der Waals surface area contributed by atoms with Gasteiger partial charge >= 0.3 is 6.16 Å². The number of nitrogens with one attached hydrogen (secondary N) is 1. The highest BCUT2D eigenvalue weighted by molar-refractivity contribution is 5.93. The lowest BCUT2D eigenvalue weighted by Crippen LogP contribution is -2.38. The molecule has 1 aliphatic rings. The Kier molecular flexibility index (Phi) is 8.44. The van der Waals surface area contributed by atoms with Gasteiger partial charge in [-0.25, -0.2) is 4.79 Å². The van der Waals surface area contributed by atoms with E-state index in [9.17, 15) is 19.7 Å². The van der Waals surface area contributed by atoms with Crippen LogP contribution in [0.4, 0.5) is 4.79 Å². The largest absolute Gasteiger partial charge is 0.513 e. The Morgan fingerprint density at radius 3 is 2.82 bits per heavy atom. The SMILES string of the molecule is C[C@H](OC(=O)OC[n+]1cccc(C(=O)NCCO[N+](=O)[O-])c1)C1CCCCC1. The van der Waals surface area contributed by atoms with Gasteiger partial charge in [0.1, 0.15) is 18.3 Å². The Bertz CT molecular complexity index is 677. The van der Waals surface area contributed by atoms with Crippen molar-refractivity contribution in [2.45, 2.75) is 51.9 Å². The van der Waals surface area contributed by atoms with Gasteiger partial charge in [-0.1, -0.05) is 19.3 Å². The molecule has 0 aromatic carbocycles. The van der Waals surface area contributed by atoms with E-state index in [0.717, 1.165) is 25.7 Å². The molecule has 1 amide bonds. The van der Waals surface area contributed by atoms with Gasteiger partial charge in [-0.05, 0) is 31.7 Å². The van der Waals surface area contributed by atoms with Crippen LogP contribution in [0, 0.1) is 16.0 Å². The minimum atomic E-state index is -0.922. The van der Waals surface area contributed by atoms with Crippen LogP contribution in [0.15, 0.2) is 24.5 Å². The van der Waals surface area contributed by atoms with E-state index in [-0.39, 0.29) is 26.0 Å². The molecule has 1 saturated carbocycles. The molecule has 0 spiro atoms. The van der Waals surface area contributed by atoms with Gasteiger partial charge in [0.25, 0.3) is 17.7 Å². The quantitative estimate of drug-likeness (QED) is 0.223. The van der Waals surface area contributed by atoms with E-state index in [4.69, 9.17) is 9.47 Å². The lowest BCUT2D eigenvalue weighted by molar-refractivity contribution is -0.757. The van der Waals surface area contributed by atoms with Gasteiger partial charge in [0.15, 0.2) is 12.4 Å². The van der Waals surface area contributed by atoms with Crippen molar-refractivity contribution in [3.8, 4) is 0 Å². The highest BCUT2D eigenvalue weighted by Gasteiger charge is 2.24. The molecule has 1 N–H and O–H groups in total. The van der Waals surface area contributed by atoms with Crippen LogP contribution in [-0.2, 0) is 21.0 Å². The minimum absolute atomic E-state index is 0.00338.